The molecule has 3 aliphatic rings. The van der Waals surface area contributed by atoms with Gasteiger partial charge in [-0.15, -0.1) is 0 Å². The highest BCUT2D eigenvalue weighted by atomic mass is 16.2. The molecule has 49 heavy (non-hydrogen) atoms. The van der Waals surface area contributed by atoms with Gasteiger partial charge in [0.1, 0.15) is 0 Å². The van der Waals surface area contributed by atoms with Crippen molar-refractivity contribution in [2.24, 2.45) is 11.8 Å². The molecule has 3 aromatic rings. The molecule has 0 aliphatic carbocycles. The van der Waals surface area contributed by atoms with Crippen LogP contribution in [-0.2, 0) is 9.59 Å². The Labute approximate surface area is 288 Å². The van der Waals surface area contributed by atoms with Crippen LogP contribution in [0.25, 0.3) is 0 Å². The number of hydrogen-bond donors (Lipinski definition) is 1. The van der Waals surface area contributed by atoms with Crippen LogP contribution in [0.1, 0.15) is 81.9 Å². The van der Waals surface area contributed by atoms with Gasteiger partial charge in [-0.05, 0) is 47.5 Å². The highest BCUT2D eigenvalue weighted by Gasteiger charge is 2.38. The molecule has 3 heterocycles. The lowest BCUT2D eigenvalue weighted by Gasteiger charge is -2.36. The van der Waals surface area contributed by atoms with E-state index in [1.807, 2.05) is 98.2 Å². The number of nitrogens with zero attached hydrogens (tertiary/aromatic N) is 4. The van der Waals surface area contributed by atoms with Crippen LogP contribution in [0.15, 0.2) is 72.8 Å². The van der Waals surface area contributed by atoms with Crippen molar-refractivity contribution in [3.8, 4) is 0 Å². The van der Waals surface area contributed by atoms with Gasteiger partial charge in [-0.2, -0.15) is 0 Å². The van der Waals surface area contributed by atoms with Gasteiger partial charge in [0.15, 0.2) is 5.78 Å². The molecule has 3 aliphatic heterocycles. The molecule has 1 N–H and O–H groups in total. The standard InChI is InChI=1S/C39H45N5O5/c1-25(2)36(46)41-15-19-43(20-16-41)38(48)29-11-7-9-27(23-29)33-34(40-32-14-6-5-13-31(32)35(33)45)28-10-8-12-30(24-28)39(49)44-21-17-42(18-22-44)37(47)26(3)4/h5-14,23-26,33-34,40H,15-22H2,1-4H3. The quantitative estimate of drug-likeness (QED) is 0.410. The molecule has 0 bridgehead atoms. The summed E-state index contributed by atoms with van der Waals surface area (Å²) in [6.07, 6.45) is 0. The van der Waals surface area contributed by atoms with Crippen molar-refractivity contribution in [2.75, 3.05) is 57.7 Å². The van der Waals surface area contributed by atoms with E-state index in [1.54, 1.807) is 21.9 Å². The molecule has 256 valence electrons. The Morgan fingerprint density at radius 2 is 1.04 bits per heavy atom. The summed E-state index contributed by atoms with van der Waals surface area (Å²) in [4.78, 5) is 73.8. The van der Waals surface area contributed by atoms with Crippen LogP contribution < -0.4 is 5.32 Å². The molecule has 0 aromatic heterocycles. The number of rotatable bonds is 6. The van der Waals surface area contributed by atoms with Gasteiger partial charge in [0.25, 0.3) is 11.8 Å². The summed E-state index contributed by atoms with van der Waals surface area (Å²) in [7, 11) is 0. The van der Waals surface area contributed by atoms with Crippen molar-refractivity contribution in [3.63, 3.8) is 0 Å². The molecule has 2 atom stereocenters. The normalized spacial score (nSPS) is 19.5. The Morgan fingerprint density at radius 1 is 0.592 bits per heavy atom. The summed E-state index contributed by atoms with van der Waals surface area (Å²) in [5.74, 6) is -0.940. The van der Waals surface area contributed by atoms with Crippen LogP contribution in [0, 0.1) is 11.8 Å². The first kappa shape index (κ1) is 33.9. The Kier molecular flexibility index (Phi) is 9.85. The van der Waals surface area contributed by atoms with Gasteiger partial charge in [0.2, 0.25) is 11.8 Å². The van der Waals surface area contributed by atoms with E-state index in [0.717, 1.165) is 11.3 Å². The second-order valence-electron chi connectivity index (χ2n) is 13.8. The second-order valence-corrected chi connectivity index (χ2v) is 13.8. The summed E-state index contributed by atoms with van der Waals surface area (Å²) in [6.45, 7) is 11.3. The smallest absolute Gasteiger partial charge is 0.253 e. The topological polar surface area (TPSA) is 110 Å². The minimum atomic E-state index is -0.654. The lowest BCUT2D eigenvalue weighted by atomic mass is 9.77. The molecule has 2 unspecified atom stereocenters. The summed E-state index contributed by atoms with van der Waals surface area (Å²) in [5.41, 5.74) is 3.80. The highest BCUT2D eigenvalue weighted by molar-refractivity contribution is 6.08. The van der Waals surface area contributed by atoms with Gasteiger partial charge < -0.3 is 24.9 Å². The van der Waals surface area contributed by atoms with Crippen LogP contribution >= 0.6 is 0 Å². The molecule has 6 rings (SSSR count). The second kappa shape index (κ2) is 14.2. The maximum absolute atomic E-state index is 14.3. The Balaban J connectivity index is 1.25. The van der Waals surface area contributed by atoms with Gasteiger partial charge in [0.05, 0.1) is 12.0 Å². The van der Waals surface area contributed by atoms with Gasteiger partial charge in [-0.1, -0.05) is 64.1 Å². The van der Waals surface area contributed by atoms with Gasteiger partial charge >= 0.3 is 0 Å². The molecular weight excluding hydrogens is 618 g/mol. The zero-order chi connectivity index (χ0) is 34.8. The number of nitrogens with one attached hydrogen (secondary N) is 1. The monoisotopic (exact) mass is 663 g/mol. The molecule has 3 aromatic carbocycles. The van der Waals surface area contributed by atoms with Crippen LogP contribution in [0.5, 0.6) is 0 Å². The summed E-state index contributed by atoms with van der Waals surface area (Å²) < 4.78 is 0. The van der Waals surface area contributed by atoms with E-state index in [-0.39, 0.29) is 41.2 Å². The van der Waals surface area contributed by atoms with E-state index < -0.39 is 12.0 Å². The third kappa shape index (κ3) is 6.95. The molecule has 0 spiro atoms. The van der Waals surface area contributed by atoms with Crippen molar-refractivity contribution < 1.29 is 24.0 Å². The molecule has 4 amide bonds. The van der Waals surface area contributed by atoms with E-state index in [9.17, 15) is 24.0 Å². The largest absolute Gasteiger partial charge is 0.377 e. The number of fused-ring (bicyclic) bond motifs is 1. The maximum atomic E-state index is 14.3. The third-order valence-corrected chi connectivity index (χ3v) is 9.85. The molecule has 10 nitrogen and oxygen atoms in total. The summed E-state index contributed by atoms with van der Waals surface area (Å²) in [6, 6.07) is 21.6. The van der Waals surface area contributed by atoms with Gasteiger partial charge in [-0.25, -0.2) is 0 Å². The Morgan fingerprint density at radius 3 is 1.55 bits per heavy atom. The molecule has 2 saturated heterocycles. The third-order valence-electron chi connectivity index (χ3n) is 9.85. The van der Waals surface area contributed by atoms with Crippen molar-refractivity contribution in [1.82, 2.24) is 19.6 Å². The minimum Gasteiger partial charge on any atom is -0.377 e. The first-order chi connectivity index (χ1) is 23.5. The fraction of sp³-hybridized carbons (Fsp3) is 0.410. The number of para-hydroxylation sites is 1. The minimum absolute atomic E-state index is 0.0626. The molecule has 0 saturated carbocycles. The van der Waals surface area contributed by atoms with E-state index in [2.05, 4.69) is 5.32 Å². The first-order valence-electron chi connectivity index (χ1n) is 17.3. The zero-order valence-corrected chi connectivity index (χ0v) is 28.7. The van der Waals surface area contributed by atoms with E-state index in [1.165, 1.54) is 0 Å². The van der Waals surface area contributed by atoms with Crippen molar-refractivity contribution >= 4 is 35.1 Å². The number of hydrogen-bond acceptors (Lipinski definition) is 6. The van der Waals surface area contributed by atoms with Crippen molar-refractivity contribution in [3.05, 3.63) is 101 Å². The molecule has 2 fully saturated rings. The van der Waals surface area contributed by atoms with Gasteiger partial charge in [-0.3, -0.25) is 24.0 Å². The first-order valence-corrected chi connectivity index (χ1v) is 17.3. The van der Waals surface area contributed by atoms with Crippen LogP contribution in [0.3, 0.4) is 0 Å². The lowest BCUT2D eigenvalue weighted by molar-refractivity contribution is -0.136. The number of anilines is 1. The van der Waals surface area contributed by atoms with Crippen LogP contribution in [0.4, 0.5) is 5.69 Å². The lowest BCUT2D eigenvalue weighted by Crippen LogP contribution is -2.51. The highest BCUT2D eigenvalue weighted by Crippen LogP contribution is 2.43. The number of carbonyl (C=O) groups is 5. The SMILES string of the molecule is CC(C)C(=O)N1CCN(C(=O)c2cccc(C3Nc4ccccc4C(=O)C3c3cccc(C(=O)N4CCN(C(=O)C(C)C)CC4)c3)c2)CC1. The van der Waals surface area contributed by atoms with Crippen molar-refractivity contribution in [2.45, 2.75) is 39.7 Å². The predicted octanol–water partition coefficient (Wildman–Crippen LogP) is 4.70. The number of ketones is 1. The Hall–Kier alpha value is -4.99. The number of Topliss-reactive ketones (excluding diaryl/α,β-unsaturated/α-hetero) is 1. The molecule has 0 radical (unpaired) electrons. The van der Waals surface area contributed by atoms with E-state index in [4.69, 9.17) is 0 Å². The Bertz CT molecular complexity index is 1750. The predicted molar refractivity (Wildman–Crippen MR) is 187 cm³/mol. The number of amides is 4. The average Bonchev–Trinajstić information content (AvgIpc) is 3.13. The fourth-order valence-electron chi connectivity index (χ4n) is 7.10. The zero-order valence-electron chi connectivity index (χ0n) is 28.7. The van der Waals surface area contributed by atoms with Gasteiger partial charge in [0, 0.05) is 86.6 Å². The number of carbonyl (C=O) groups excluding carboxylic acids is 5. The van der Waals surface area contributed by atoms with Crippen molar-refractivity contribution in [1.29, 1.82) is 0 Å². The molecular formula is C39H45N5O5. The number of benzene rings is 3. The van der Waals surface area contributed by atoms with E-state index in [0.29, 0.717) is 74.6 Å². The molecule has 10 heteroatoms. The number of piperazine rings is 2. The fourth-order valence-corrected chi connectivity index (χ4v) is 7.10. The van der Waals surface area contributed by atoms with E-state index >= 15 is 0 Å². The summed E-state index contributed by atoms with van der Waals surface area (Å²) >= 11 is 0. The average molecular weight is 664 g/mol. The maximum Gasteiger partial charge on any atom is 0.253 e. The summed E-state index contributed by atoms with van der Waals surface area (Å²) in [5, 5.41) is 3.58. The van der Waals surface area contributed by atoms with Crippen LogP contribution in [-0.4, -0.2) is 101 Å². The van der Waals surface area contributed by atoms with Crippen LogP contribution in [0.2, 0.25) is 0 Å².